The van der Waals surface area contributed by atoms with Gasteiger partial charge in [-0.2, -0.15) is 0 Å². The van der Waals surface area contributed by atoms with Crippen molar-refractivity contribution in [2.24, 2.45) is 5.92 Å². The van der Waals surface area contributed by atoms with E-state index in [9.17, 15) is 9.59 Å². The SMILES string of the molecule is CN(CC(=O)Nc1cccc(Cl)c1)C(=O)C1CCCN(c2ncccn2)C1. The van der Waals surface area contributed by atoms with Crippen molar-refractivity contribution in [3.63, 3.8) is 0 Å². The Hall–Kier alpha value is -2.67. The summed E-state index contributed by atoms with van der Waals surface area (Å²) >= 11 is 5.92. The molecule has 2 aromatic rings. The van der Waals surface area contributed by atoms with Crippen LogP contribution in [0, 0.1) is 5.92 Å². The maximum absolute atomic E-state index is 12.8. The van der Waals surface area contributed by atoms with Crippen molar-refractivity contribution in [2.75, 3.05) is 36.9 Å². The van der Waals surface area contributed by atoms with Crippen LogP contribution >= 0.6 is 11.6 Å². The number of hydrogen-bond donors (Lipinski definition) is 1. The lowest BCUT2D eigenvalue weighted by Crippen LogP contribution is -2.46. The zero-order valence-corrected chi connectivity index (χ0v) is 15.9. The number of piperidine rings is 1. The number of likely N-dealkylation sites (N-methyl/N-ethyl adjacent to an activating group) is 1. The number of anilines is 2. The van der Waals surface area contributed by atoms with Gasteiger partial charge in [0.15, 0.2) is 0 Å². The molecule has 1 unspecified atom stereocenters. The summed E-state index contributed by atoms with van der Waals surface area (Å²) in [6.45, 7) is 1.37. The third kappa shape index (κ3) is 5.17. The van der Waals surface area contributed by atoms with Crippen LogP contribution in [0.2, 0.25) is 5.02 Å². The Morgan fingerprint density at radius 3 is 2.81 bits per heavy atom. The third-order valence-electron chi connectivity index (χ3n) is 4.47. The van der Waals surface area contributed by atoms with Crippen LogP contribution in [0.25, 0.3) is 0 Å². The lowest BCUT2D eigenvalue weighted by Gasteiger charge is -2.33. The van der Waals surface area contributed by atoms with Gasteiger partial charge < -0.3 is 15.1 Å². The third-order valence-corrected chi connectivity index (χ3v) is 4.71. The van der Waals surface area contributed by atoms with Crippen molar-refractivity contribution >= 4 is 35.1 Å². The molecule has 2 heterocycles. The minimum Gasteiger partial charge on any atom is -0.340 e. The highest BCUT2D eigenvalue weighted by atomic mass is 35.5. The van der Waals surface area contributed by atoms with Gasteiger partial charge in [-0.05, 0) is 37.1 Å². The van der Waals surface area contributed by atoms with Gasteiger partial charge in [0.25, 0.3) is 0 Å². The van der Waals surface area contributed by atoms with Crippen LogP contribution in [-0.4, -0.2) is 53.4 Å². The zero-order chi connectivity index (χ0) is 19.2. The van der Waals surface area contributed by atoms with Gasteiger partial charge in [-0.3, -0.25) is 9.59 Å². The zero-order valence-electron chi connectivity index (χ0n) is 15.1. The molecule has 1 atom stereocenters. The molecule has 1 saturated heterocycles. The molecule has 0 aliphatic carbocycles. The van der Waals surface area contributed by atoms with E-state index in [2.05, 4.69) is 15.3 Å². The Morgan fingerprint density at radius 1 is 1.30 bits per heavy atom. The molecule has 0 saturated carbocycles. The van der Waals surface area contributed by atoms with Crippen molar-refractivity contribution < 1.29 is 9.59 Å². The number of benzene rings is 1. The van der Waals surface area contributed by atoms with Crippen molar-refractivity contribution in [3.8, 4) is 0 Å². The average Bonchev–Trinajstić information content (AvgIpc) is 2.68. The van der Waals surface area contributed by atoms with Crippen molar-refractivity contribution in [3.05, 3.63) is 47.7 Å². The number of nitrogens with one attached hydrogen (secondary N) is 1. The quantitative estimate of drug-likeness (QED) is 0.852. The summed E-state index contributed by atoms with van der Waals surface area (Å²) in [5, 5.41) is 3.30. The summed E-state index contributed by atoms with van der Waals surface area (Å²) in [6, 6.07) is 8.68. The monoisotopic (exact) mass is 387 g/mol. The predicted molar refractivity (Wildman–Crippen MR) is 105 cm³/mol. The summed E-state index contributed by atoms with van der Waals surface area (Å²) in [5.74, 6) is 0.159. The molecule has 1 aliphatic rings. The number of carbonyl (C=O) groups excluding carboxylic acids is 2. The maximum atomic E-state index is 12.8. The van der Waals surface area contributed by atoms with Crippen molar-refractivity contribution in [1.29, 1.82) is 0 Å². The van der Waals surface area contributed by atoms with E-state index < -0.39 is 0 Å². The van der Waals surface area contributed by atoms with E-state index in [0.717, 1.165) is 19.4 Å². The highest BCUT2D eigenvalue weighted by molar-refractivity contribution is 6.30. The lowest BCUT2D eigenvalue weighted by atomic mass is 9.97. The van der Waals surface area contributed by atoms with Gasteiger partial charge in [0.1, 0.15) is 0 Å². The summed E-state index contributed by atoms with van der Waals surface area (Å²) in [4.78, 5) is 37.0. The molecule has 0 spiro atoms. The van der Waals surface area contributed by atoms with E-state index in [4.69, 9.17) is 11.6 Å². The van der Waals surface area contributed by atoms with E-state index in [-0.39, 0.29) is 24.3 Å². The molecule has 2 amide bonds. The molecule has 8 heteroatoms. The Bertz CT molecular complexity index is 802. The van der Waals surface area contributed by atoms with E-state index in [1.54, 1.807) is 49.8 Å². The number of carbonyl (C=O) groups is 2. The standard InChI is InChI=1S/C19H22ClN5O2/c1-24(13-17(26)23-16-7-2-6-15(20)11-16)18(27)14-5-3-10-25(12-14)19-21-8-4-9-22-19/h2,4,6-9,11,14H,3,5,10,12-13H2,1H3,(H,23,26). The first-order valence-electron chi connectivity index (χ1n) is 8.85. The minimum atomic E-state index is -0.257. The van der Waals surface area contributed by atoms with Gasteiger partial charge in [0.05, 0.1) is 12.5 Å². The second kappa shape index (κ2) is 8.81. The van der Waals surface area contributed by atoms with E-state index in [1.807, 2.05) is 4.90 Å². The first-order valence-corrected chi connectivity index (χ1v) is 9.23. The van der Waals surface area contributed by atoms with E-state index >= 15 is 0 Å². The molecule has 1 fully saturated rings. The summed E-state index contributed by atoms with van der Waals surface area (Å²) < 4.78 is 0. The first-order chi connectivity index (χ1) is 13.0. The minimum absolute atomic E-state index is 0.0102. The smallest absolute Gasteiger partial charge is 0.243 e. The molecule has 1 aromatic carbocycles. The highest BCUT2D eigenvalue weighted by Gasteiger charge is 2.29. The Morgan fingerprint density at radius 2 is 2.07 bits per heavy atom. The fraction of sp³-hybridized carbons (Fsp3) is 0.368. The molecule has 1 N–H and O–H groups in total. The topological polar surface area (TPSA) is 78.4 Å². The van der Waals surface area contributed by atoms with Gasteiger partial charge in [-0.25, -0.2) is 9.97 Å². The largest absolute Gasteiger partial charge is 0.340 e. The van der Waals surface area contributed by atoms with Gasteiger partial charge >= 0.3 is 0 Å². The second-order valence-corrected chi connectivity index (χ2v) is 7.02. The normalized spacial score (nSPS) is 16.7. The number of nitrogens with zero attached hydrogens (tertiary/aromatic N) is 4. The van der Waals surface area contributed by atoms with Gasteiger partial charge in [-0.1, -0.05) is 17.7 Å². The molecule has 1 aliphatic heterocycles. The maximum Gasteiger partial charge on any atom is 0.243 e. The molecular weight excluding hydrogens is 366 g/mol. The van der Waals surface area contributed by atoms with E-state index in [0.29, 0.717) is 23.2 Å². The number of halogens is 1. The van der Waals surface area contributed by atoms with Gasteiger partial charge in [0, 0.05) is 43.2 Å². The van der Waals surface area contributed by atoms with Crippen LogP contribution < -0.4 is 10.2 Å². The van der Waals surface area contributed by atoms with Crippen LogP contribution in [0.5, 0.6) is 0 Å². The molecule has 0 bridgehead atoms. The summed E-state index contributed by atoms with van der Waals surface area (Å²) in [5.41, 5.74) is 0.610. The number of hydrogen-bond acceptors (Lipinski definition) is 5. The lowest BCUT2D eigenvalue weighted by molar-refractivity contribution is -0.137. The van der Waals surface area contributed by atoms with Crippen LogP contribution in [0.1, 0.15) is 12.8 Å². The average molecular weight is 388 g/mol. The number of rotatable bonds is 5. The molecular formula is C19H22ClN5O2. The summed E-state index contributed by atoms with van der Waals surface area (Å²) in [7, 11) is 1.65. The van der Waals surface area contributed by atoms with Gasteiger partial charge in [-0.15, -0.1) is 0 Å². The fourth-order valence-electron chi connectivity index (χ4n) is 3.19. The van der Waals surface area contributed by atoms with Crippen LogP contribution in [0.15, 0.2) is 42.7 Å². The number of aromatic nitrogens is 2. The van der Waals surface area contributed by atoms with Crippen LogP contribution in [0.3, 0.4) is 0 Å². The van der Waals surface area contributed by atoms with Crippen LogP contribution in [0.4, 0.5) is 11.6 Å². The Labute approximate surface area is 163 Å². The Kier molecular flexibility index (Phi) is 6.24. The second-order valence-electron chi connectivity index (χ2n) is 6.59. The fourth-order valence-corrected chi connectivity index (χ4v) is 3.38. The molecule has 7 nitrogen and oxygen atoms in total. The van der Waals surface area contributed by atoms with Crippen molar-refractivity contribution in [2.45, 2.75) is 12.8 Å². The van der Waals surface area contributed by atoms with Crippen LogP contribution in [-0.2, 0) is 9.59 Å². The molecule has 142 valence electrons. The molecule has 1 aromatic heterocycles. The predicted octanol–water partition coefficient (Wildman–Crippen LogP) is 2.44. The first kappa shape index (κ1) is 19.1. The molecule has 3 rings (SSSR count). The Balaban J connectivity index is 1.55. The van der Waals surface area contributed by atoms with Crippen molar-refractivity contribution in [1.82, 2.24) is 14.9 Å². The highest BCUT2D eigenvalue weighted by Crippen LogP contribution is 2.21. The van der Waals surface area contributed by atoms with E-state index in [1.165, 1.54) is 4.90 Å². The van der Waals surface area contributed by atoms with Gasteiger partial charge in [0.2, 0.25) is 17.8 Å². The summed E-state index contributed by atoms with van der Waals surface area (Å²) in [6.07, 6.45) is 5.07. The number of amides is 2. The molecule has 27 heavy (non-hydrogen) atoms. The molecule has 0 radical (unpaired) electrons.